The lowest BCUT2D eigenvalue weighted by Gasteiger charge is -2.40. The molecular weight excluding hydrogens is 146 g/mol. The van der Waals surface area contributed by atoms with Gasteiger partial charge < -0.3 is 15.3 Å². The molecule has 0 spiro atoms. The number of hydrogen-bond acceptors (Lipinski definition) is 4. The molecule has 0 amide bonds. The van der Waals surface area contributed by atoms with E-state index in [0.29, 0.717) is 0 Å². The van der Waals surface area contributed by atoms with Gasteiger partial charge in [-0.3, -0.25) is 0 Å². The van der Waals surface area contributed by atoms with Crippen LogP contribution in [0.1, 0.15) is 27.7 Å². The van der Waals surface area contributed by atoms with Crippen LogP contribution >= 0.6 is 0 Å². The average molecular weight is 163 g/mol. The van der Waals surface area contributed by atoms with Gasteiger partial charge in [0.2, 0.25) is 0 Å². The number of rotatable bonds is 3. The molecule has 3 N–H and O–H groups in total. The van der Waals surface area contributed by atoms with E-state index in [9.17, 15) is 10.2 Å². The summed E-state index contributed by atoms with van der Waals surface area (Å²) in [4.78, 5) is 1.17. The minimum Gasteiger partial charge on any atom is -0.381 e. The van der Waals surface area contributed by atoms with Gasteiger partial charge in [0.25, 0.3) is 0 Å². The third-order valence-electron chi connectivity index (χ3n) is 1.46. The first kappa shape index (κ1) is 10.8. The molecule has 0 aromatic carbocycles. The van der Waals surface area contributed by atoms with Gasteiger partial charge in [0.1, 0.15) is 18.2 Å². The van der Waals surface area contributed by atoms with Crippen LogP contribution in [0.2, 0.25) is 0 Å². The fourth-order valence-corrected chi connectivity index (χ4v) is 1.02. The van der Waals surface area contributed by atoms with Crippen molar-refractivity contribution in [3.05, 3.63) is 0 Å². The van der Waals surface area contributed by atoms with E-state index in [1.807, 2.05) is 0 Å². The molecule has 0 fully saturated rings. The Hall–Kier alpha value is -0.160. The standard InChI is InChI=1S/C7H17NO3/c1-6(2,10)8(5-9)7(3,4)11/h9-11H,5H2,1-4H3. The largest absolute Gasteiger partial charge is 0.381 e. The molecule has 0 aliphatic carbocycles. The maximum atomic E-state index is 9.42. The van der Waals surface area contributed by atoms with Crippen LogP contribution in [-0.4, -0.2) is 38.4 Å². The number of aliphatic hydroxyl groups is 3. The molecule has 0 aliphatic heterocycles. The maximum Gasteiger partial charge on any atom is 0.116 e. The topological polar surface area (TPSA) is 63.9 Å². The second-order valence-electron chi connectivity index (χ2n) is 3.56. The van der Waals surface area contributed by atoms with E-state index in [4.69, 9.17) is 5.11 Å². The summed E-state index contributed by atoms with van der Waals surface area (Å²) < 4.78 is 0. The minimum atomic E-state index is -1.22. The monoisotopic (exact) mass is 163 g/mol. The lowest BCUT2D eigenvalue weighted by Crippen LogP contribution is -2.55. The molecule has 0 saturated carbocycles. The van der Waals surface area contributed by atoms with Crippen molar-refractivity contribution in [3.63, 3.8) is 0 Å². The summed E-state index contributed by atoms with van der Waals surface area (Å²) in [6.07, 6.45) is 0. The molecule has 0 atom stereocenters. The van der Waals surface area contributed by atoms with Crippen molar-refractivity contribution in [3.8, 4) is 0 Å². The first-order valence-corrected chi connectivity index (χ1v) is 3.53. The third kappa shape index (κ3) is 3.16. The van der Waals surface area contributed by atoms with Crippen molar-refractivity contribution in [2.75, 3.05) is 6.73 Å². The molecule has 0 aliphatic rings. The molecule has 0 heterocycles. The van der Waals surface area contributed by atoms with E-state index < -0.39 is 11.4 Å². The Bertz CT molecular complexity index is 109. The smallest absolute Gasteiger partial charge is 0.116 e. The Balaban J connectivity index is 4.43. The predicted molar refractivity (Wildman–Crippen MR) is 41.5 cm³/mol. The van der Waals surface area contributed by atoms with Gasteiger partial charge in [0.05, 0.1) is 0 Å². The predicted octanol–water partition coefficient (Wildman–Crippen LogP) is -0.305. The van der Waals surface area contributed by atoms with Crippen molar-refractivity contribution in [2.45, 2.75) is 39.1 Å². The normalized spacial score (nSPS) is 14.2. The van der Waals surface area contributed by atoms with Gasteiger partial charge >= 0.3 is 0 Å². The molecule has 0 saturated heterocycles. The van der Waals surface area contributed by atoms with Crippen LogP contribution in [0.15, 0.2) is 0 Å². The van der Waals surface area contributed by atoms with E-state index in [2.05, 4.69) is 0 Å². The van der Waals surface area contributed by atoms with Gasteiger partial charge in [-0.25, -0.2) is 4.90 Å². The van der Waals surface area contributed by atoms with Crippen LogP contribution in [0, 0.1) is 0 Å². The Morgan fingerprint density at radius 3 is 1.27 bits per heavy atom. The Kier molecular flexibility index (Phi) is 3.02. The lowest BCUT2D eigenvalue weighted by atomic mass is 10.2. The number of hydrogen-bond donors (Lipinski definition) is 3. The highest BCUT2D eigenvalue weighted by atomic mass is 16.4. The summed E-state index contributed by atoms with van der Waals surface area (Å²) in [6, 6.07) is 0. The summed E-state index contributed by atoms with van der Waals surface area (Å²) >= 11 is 0. The molecule has 0 bridgehead atoms. The van der Waals surface area contributed by atoms with Gasteiger partial charge in [-0.1, -0.05) is 0 Å². The third-order valence-corrected chi connectivity index (χ3v) is 1.46. The summed E-state index contributed by atoms with van der Waals surface area (Å²) in [6.45, 7) is 5.62. The molecule has 11 heavy (non-hydrogen) atoms. The Morgan fingerprint density at radius 1 is 1.00 bits per heavy atom. The van der Waals surface area contributed by atoms with Crippen LogP contribution in [0.25, 0.3) is 0 Å². The van der Waals surface area contributed by atoms with Crippen LogP contribution in [0.4, 0.5) is 0 Å². The SMILES string of the molecule is CC(C)(O)N(CO)C(C)(C)O. The van der Waals surface area contributed by atoms with Gasteiger partial charge in [-0.05, 0) is 27.7 Å². The zero-order chi connectivity index (χ0) is 9.28. The van der Waals surface area contributed by atoms with Crippen molar-refractivity contribution in [1.82, 2.24) is 4.90 Å². The zero-order valence-corrected chi connectivity index (χ0v) is 7.50. The first-order chi connectivity index (χ1) is 4.69. The average Bonchev–Trinajstić information content (AvgIpc) is 1.56. The molecule has 0 unspecified atom stereocenters. The van der Waals surface area contributed by atoms with Gasteiger partial charge in [-0.2, -0.15) is 0 Å². The zero-order valence-electron chi connectivity index (χ0n) is 7.50. The summed E-state index contributed by atoms with van der Waals surface area (Å²) in [5.41, 5.74) is -2.43. The van der Waals surface area contributed by atoms with E-state index >= 15 is 0 Å². The molecule has 0 aromatic rings. The summed E-state index contributed by atoms with van der Waals surface area (Å²) in [5.74, 6) is 0. The highest BCUT2D eigenvalue weighted by Crippen LogP contribution is 2.19. The van der Waals surface area contributed by atoms with Crippen LogP contribution in [-0.2, 0) is 0 Å². The maximum absolute atomic E-state index is 9.42. The second kappa shape index (κ2) is 3.06. The molecule has 4 heteroatoms. The van der Waals surface area contributed by atoms with Gasteiger partial charge in [0.15, 0.2) is 0 Å². The Morgan fingerprint density at radius 2 is 1.27 bits per heavy atom. The lowest BCUT2D eigenvalue weighted by molar-refractivity contribution is -0.224. The summed E-state index contributed by atoms with van der Waals surface area (Å²) in [7, 11) is 0. The van der Waals surface area contributed by atoms with E-state index in [1.165, 1.54) is 32.6 Å². The van der Waals surface area contributed by atoms with Gasteiger partial charge in [0, 0.05) is 0 Å². The first-order valence-electron chi connectivity index (χ1n) is 3.53. The number of nitrogens with zero attached hydrogens (tertiary/aromatic N) is 1. The quantitative estimate of drug-likeness (QED) is 0.500. The Labute approximate surface area is 67.1 Å². The molecule has 0 radical (unpaired) electrons. The molecular formula is C7H17NO3. The van der Waals surface area contributed by atoms with Crippen molar-refractivity contribution < 1.29 is 15.3 Å². The number of aliphatic hydroxyl groups excluding tert-OH is 1. The molecule has 0 aromatic heterocycles. The second-order valence-corrected chi connectivity index (χ2v) is 3.56. The van der Waals surface area contributed by atoms with Crippen molar-refractivity contribution in [2.24, 2.45) is 0 Å². The summed E-state index contributed by atoms with van der Waals surface area (Å²) in [5, 5.41) is 27.6. The minimum absolute atomic E-state index is 0.382. The van der Waals surface area contributed by atoms with E-state index in [1.54, 1.807) is 0 Å². The molecule has 68 valence electrons. The van der Waals surface area contributed by atoms with Gasteiger partial charge in [-0.15, -0.1) is 0 Å². The molecule has 0 rings (SSSR count). The van der Waals surface area contributed by atoms with Crippen molar-refractivity contribution >= 4 is 0 Å². The highest BCUT2D eigenvalue weighted by molar-refractivity contribution is 4.75. The fourth-order valence-electron chi connectivity index (χ4n) is 1.02. The highest BCUT2D eigenvalue weighted by Gasteiger charge is 2.33. The van der Waals surface area contributed by atoms with Crippen LogP contribution < -0.4 is 0 Å². The van der Waals surface area contributed by atoms with Crippen molar-refractivity contribution in [1.29, 1.82) is 0 Å². The molecule has 4 nitrogen and oxygen atoms in total. The van der Waals surface area contributed by atoms with E-state index in [0.717, 1.165) is 0 Å². The van der Waals surface area contributed by atoms with E-state index in [-0.39, 0.29) is 6.73 Å². The fraction of sp³-hybridized carbons (Fsp3) is 1.00. The van der Waals surface area contributed by atoms with Crippen LogP contribution in [0.3, 0.4) is 0 Å². The van der Waals surface area contributed by atoms with Crippen LogP contribution in [0.5, 0.6) is 0 Å².